The van der Waals surface area contributed by atoms with Crippen LogP contribution in [0.4, 0.5) is 0 Å². The number of carbonyl (C=O) groups is 2. The SMILES string of the molecule is CCCCCCCCCCC(=O)NCc1cccc(CNC(=O)CCCCCCCCCC)c1. The first kappa shape index (κ1) is 30.2. The summed E-state index contributed by atoms with van der Waals surface area (Å²) < 4.78 is 0. The quantitative estimate of drug-likeness (QED) is 0.168. The van der Waals surface area contributed by atoms with Gasteiger partial charge in [-0.15, -0.1) is 0 Å². The lowest BCUT2D eigenvalue weighted by atomic mass is 10.1. The van der Waals surface area contributed by atoms with Gasteiger partial charge >= 0.3 is 0 Å². The predicted molar refractivity (Wildman–Crippen MR) is 145 cm³/mol. The largest absolute Gasteiger partial charge is 0.352 e. The molecule has 0 fully saturated rings. The molecule has 0 saturated carbocycles. The van der Waals surface area contributed by atoms with E-state index >= 15 is 0 Å². The molecule has 0 aliphatic heterocycles. The van der Waals surface area contributed by atoms with Crippen LogP contribution in [0, 0.1) is 0 Å². The van der Waals surface area contributed by atoms with Crippen molar-refractivity contribution in [3.63, 3.8) is 0 Å². The summed E-state index contributed by atoms with van der Waals surface area (Å²) in [6.07, 6.45) is 21.2. The van der Waals surface area contributed by atoms with Crippen molar-refractivity contribution in [3.05, 3.63) is 35.4 Å². The molecule has 2 amide bonds. The van der Waals surface area contributed by atoms with Crippen LogP contribution in [0.25, 0.3) is 0 Å². The summed E-state index contributed by atoms with van der Waals surface area (Å²) in [5, 5.41) is 6.08. The summed E-state index contributed by atoms with van der Waals surface area (Å²) in [4.78, 5) is 24.3. The van der Waals surface area contributed by atoms with Crippen LogP contribution in [-0.4, -0.2) is 11.8 Å². The van der Waals surface area contributed by atoms with E-state index in [1.807, 2.05) is 18.2 Å². The van der Waals surface area contributed by atoms with Crippen LogP contribution >= 0.6 is 0 Å². The Bertz CT molecular complexity index is 593. The van der Waals surface area contributed by atoms with Crippen LogP contribution < -0.4 is 10.6 Å². The van der Waals surface area contributed by atoms with Gasteiger partial charge in [0.15, 0.2) is 0 Å². The second-order valence-electron chi connectivity index (χ2n) is 9.82. The molecule has 2 N–H and O–H groups in total. The molecular formula is C30H52N2O2. The van der Waals surface area contributed by atoms with E-state index in [1.54, 1.807) is 0 Å². The normalized spacial score (nSPS) is 10.9. The summed E-state index contributed by atoms with van der Waals surface area (Å²) in [6, 6.07) is 8.14. The molecule has 1 aromatic rings. The minimum absolute atomic E-state index is 0.134. The summed E-state index contributed by atoms with van der Waals surface area (Å²) in [5.74, 6) is 0.269. The third kappa shape index (κ3) is 17.6. The monoisotopic (exact) mass is 472 g/mol. The van der Waals surface area contributed by atoms with Crippen LogP contribution in [0.1, 0.15) is 141 Å². The minimum Gasteiger partial charge on any atom is -0.352 e. The fourth-order valence-corrected chi connectivity index (χ4v) is 4.27. The van der Waals surface area contributed by atoms with Gasteiger partial charge in [0.2, 0.25) is 11.8 Å². The lowest BCUT2D eigenvalue weighted by molar-refractivity contribution is -0.122. The standard InChI is InChI=1S/C30H52N2O2/c1-3-5-7-9-11-13-15-17-22-29(33)31-25-27-20-19-21-28(24-27)26-32-30(34)23-18-16-14-12-10-8-6-4-2/h19-21,24H,3-18,22-23,25-26H2,1-2H3,(H,31,33)(H,32,34). The minimum atomic E-state index is 0.134. The molecule has 0 saturated heterocycles. The van der Waals surface area contributed by atoms with Crippen molar-refractivity contribution in [1.82, 2.24) is 10.6 Å². The van der Waals surface area contributed by atoms with Gasteiger partial charge in [-0.2, -0.15) is 0 Å². The van der Waals surface area contributed by atoms with Crippen LogP contribution in [-0.2, 0) is 22.7 Å². The number of nitrogens with one attached hydrogen (secondary N) is 2. The fourth-order valence-electron chi connectivity index (χ4n) is 4.27. The Kier molecular flexibility index (Phi) is 19.2. The predicted octanol–water partition coefficient (Wildman–Crippen LogP) is 7.98. The van der Waals surface area contributed by atoms with Crippen LogP contribution in [0.5, 0.6) is 0 Å². The van der Waals surface area contributed by atoms with E-state index in [-0.39, 0.29) is 11.8 Å². The maximum atomic E-state index is 12.1. The third-order valence-electron chi connectivity index (χ3n) is 6.49. The van der Waals surface area contributed by atoms with Gasteiger partial charge in [0.1, 0.15) is 0 Å². The molecule has 1 aromatic carbocycles. The van der Waals surface area contributed by atoms with Crippen molar-refractivity contribution in [2.75, 3.05) is 0 Å². The van der Waals surface area contributed by atoms with Crippen molar-refractivity contribution < 1.29 is 9.59 Å². The highest BCUT2D eigenvalue weighted by Crippen LogP contribution is 2.11. The number of amides is 2. The molecule has 1 rings (SSSR count). The summed E-state index contributed by atoms with van der Waals surface area (Å²) >= 11 is 0. The third-order valence-corrected chi connectivity index (χ3v) is 6.49. The Morgan fingerprint density at radius 2 is 0.912 bits per heavy atom. The molecule has 4 heteroatoms. The van der Waals surface area contributed by atoms with Gasteiger partial charge in [0, 0.05) is 25.9 Å². The second-order valence-corrected chi connectivity index (χ2v) is 9.82. The highest BCUT2D eigenvalue weighted by Gasteiger charge is 2.04. The Hall–Kier alpha value is -1.84. The van der Waals surface area contributed by atoms with Crippen LogP contribution in [0.3, 0.4) is 0 Å². The number of hydrogen-bond acceptors (Lipinski definition) is 2. The van der Waals surface area contributed by atoms with E-state index in [0.717, 1.165) is 36.8 Å². The molecule has 0 heterocycles. The van der Waals surface area contributed by atoms with Crippen molar-refractivity contribution >= 4 is 11.8 Å². The van der Waals surface area contributed by atoms with Gasteiger partial charge < -0.3 is 10.6 Å². The molecular weight excluding hydrogens is 420 g/mol. The average molecular weight is 473 g/mol. The molecule has 194 valence electrons. The fraction of sp³-hybridized carbons (Fsp3) is 0.733. The number of benzene rings is 1. The van der Waals surface area contributed by atoms with Gasteiger partial charge in [-0.25, -0.2) is 0 Å². The van der Waals surface area contributed by atoms with Gasteiger partial charge in [-0.1, -0.05) is 128 Å². The summed E-state index contributed by atoms with van der Waals surface area (Å²) in [6.45, 7) is 5.59. The van der Waals surface area contributed by atoms with Gasteiger partial charge in [-0.3, -0.25) is 9.59 Å². The van der Waals surface area contributed by atoms with Gasteiger partial charge in [0.25, 0.3) is 0 Å². The smallest absolute Gasteiger partial charge is 0.220 e. The number of unbranched alkanes of at least 4 members (excludes halogenated alkanes) is 14. The average Bonchev–Trinajstić information content (AvgIpc) is 2.85. The topological polar surface area (TPSA) is 58.2 Å². The Morgan fingerprint density at radius 1 is 0.559 bits per heavy atom. The van der Waals surface area contributed by atoms with Crippen molar-refractivity contribution in [3.8, 4) is 0 Å². The van der Waals surface area contributed by atoms with Gasteiger partial charge in [0.05, 0.1) is 0 Å². The highest BCUT2D eigenvalue weighted by atomic mass is 16.2. The molecule has 0 aliphatic carbocycles. The Labute approximate surface area is 210 Å². The molecule has 34 heavy (non-hydrogen) atoms. The highest BCUT2D eigenvalue weighted by molar-refractivity contribution is 5.76. The summed E-state index contributed by atoms with van der Waals surface area (Å²) in [5.41, 5.74) is 2.16. The molecule has 0 aliphatic rings. The molecule has 0 atom stereocenters. The van der Waals surface area contributed by atoms with E-state index < -0.39 is 0 Å². The Morgan fingerprint density at radius 3 is 1.29 bits per heavy atom. The van der Waals surface area contributed by atoms with Crippen molar-refractivity contribution in [1.29, 1.82) is 0 Å². The first-order chi connectivity index (χ1) is 16.7. The number of rotatable bonds is 22. The lowest BCUT2D eigenvalue weighted by Crippen LogP contribution is -2.23. The molecule has 0 radical (unpaired) electrons. The van der Waals surface area contributed by atoms with Crippen molar-refractivity contribution in [2.24, 2.45) is 0 Å². The molecule has 0 aromatic heterocycles. The zero-order valence-electron chi connectivity index (χ0n) is 22.3. The number of hydrogen-bond donors (Lipinski definition) is 2. The molecule has 0 spiro atoms. The summed E-state index contributed by atoms with van der Waals surface area (Å²) in [7, 11) is 0. The van der Waals surface area contributed by atoms with Crippen molar-refractivity contribution in [2.45, 2.75) is 143 Å². The van der Waals surface area contributed by atoms with E-state index in [1.165, 1.54) is 77.0 Å². The van der Waals surface area contributed by atoms with E-state index in [2.05, 4.69) is 30.5 Å². The Balaban J connectivity index is 2.10. The zero-order chi connectivity index (χ0) is 24.7. The molecule has 0 bridgehead atoms. The molecule has 4 nitrogen and oxygen atoms in total. The van der Waals surface area contributed by atoms with E-state index in [4.69, 9.17) is 0 Å². The zero-order valence-corrected chi connectivity index (χ0v) is 22.3. The lowest BCUT2D eigenvalue weighted by Gasteiger charge is -2.09. The maximum Gasteiger partial charge on any atom is 0.220 e. The van der Waals surface area contributed by atoms with E-state index in [0.29, 0.717) is 25.9 Å². The van der Waals surface area contributed by atoms with Crippen LogP contribution in [0.15, 0.2) is 24.3 Å². The second kappa shape index (κ2) is 21.7. The van der Waals surface area contributed by atoms with E-state index in [9.17, 15) is 9.59 Å². The maximum absolute atomic E-state index is 12.1. The van der Waals surface area contributed by atoms with Gasteiger partial charge in [-0.05, 0) is 24.0 Å². The molecule has 0 unspecified atom stereocenters. The number of carbonyl (C=O) groups excluding carboxylic acids is 2. The van der Waals surface area contributed by atoms with Crippen LogP contribution in [0.2, 0.25) is 0 Å². The first-order valence-electron chi connectivity index (χ1n) is 14.3. The first-order valence-corrected chi connectivity index (χ1v) is 14.3.